The molecule has 0 aliphatic carbocycles. The highest BCUT2D eigenvalue weighted by Crippen LogP contribution is 2.37. The summed E-state index contributed by atoms with van der Waals surface area (Å²) < 4.78 is 8.90. The van der Waals surface area contributed by atoms with Crippen molar-refractivity contribution in [2.24, 2.45) is 0 Å². The summed E-state index contributed by atoms with van der Waals surface area (Å²) in [5, 5.41) is 4.48. The monoisotopic (exact) mass is 402 g/mol. The maximum absolute atomic E-state index is 5.85. The van der Waals surface area contributed by atoms with E-state index in [1.165, 1.54) is 0 Å². The van der Waals surface area contributed by atoms with Gasteiger partial charge in [0.1, 0.15) is 12.4 Å². The molecule has 0 radical (unpaired) electrons. The normalized spacial score (nSPS) is 11.5. The first-order valence-corrected chi connectivity index (χ1v) is 8.31. The molecule has 0 fully saturated rings. The van der Waals surface area contributed by atoms with Crippen LogP contribution >= 0.6 is 46.4 Å². The van der Waals surface area contributed by atoms with E-state index in [1.54, 1.807) is 24.3 Å². The second-order valence-electron chi connectivity index (χ2n) is 4.86. The quantitative estimate of drug-likeness (QED) is 0.516. The summed E-state index contributed by atoms with van der Waals surface area (Å²) in [6, 6.07) is 14.7. The highest BCUT2D eigenvalue weighted by atomic mass is 35.6. The molecule has 124 valence electrons. The number of aromatic nitrogens is 2. The lowest BCUT2D eigenvalue weighted by Crippen LogP contribution is -1.99. The van der Waals surface area contributed by atoms with E-state index >= 15 is 0 Å². The molecule has 1 aromatic heterocycles. The number of benzene rings is 2. The van der Waals surface area contributed by atoms with Crippen LogP contribution in [0.3, 0.4) is 0 Å². The van der Waals surface area contributed by atoms with E-state index in [4.69, 9.17) is 55.7 Å². The van der Waals surface area contributed by atoms with Crippen molar-refractivity contribution >= 4 is 46.4 Å². The molecule has 24 heavy (non-hydrogen) atoms. The molecule has 0 aliphatic rings. The standard InChI is InChI=1S/C16H10Cl4N2O2/c17-12-5-1-10(2-6-12)9-23-13-7-3-11(4-8-13)14-21-15(24-22-14)16(18,19)20/h1-8H,9H2. The third-order valence-corrected chi connectivity index (χ3v) is 3.84. The molecule has 0 atom stereocenters. The number of nitrogens with zero attached hydrogens (tertiary/aromatic N) is 2. The summed E-state index contributed by atoms with van der Waals surface area (Å²) in [7, 11) is 0. The van der Waals surface area contributed by atoms with Gasteiger partial charge in [0.25, 0.3) is 9.68 Å². The predicted octanol–water partition coefficient (Wildman–Crippen LogP) is 5.80. The molecular weight excluding hydrogens is 394 g/mol. The Labute approximate surface area is 158 Å². The molecule has 0 saturated carbocycles. The zero-order chi connectivity index (χ0) is 17.2. The van der Waals surface area contributed by atoms with Gasteiger partial charge in [0.15, 0.2) is 0 Å². The number of halogens is 4. The van der Waals surface area contributed by atoms with Crippen LogP contribution in [0.15, 0.2) is 53.1 Å². The van der Waals surface area contributed by atoms with Gasteiger partial charge in [-0.3, -0.25) is 0 Å². The van der Waals surface area contributed by atoms with Crippen LogP contribution in [0.4, 0.5) is 0 Å². The molecule has 0 unspecified atom stereocenters. The molecule has 0 bridgehead atoms. The van der Waals surface area contributed by atoms with Gasteiger partial charge in [0.05, 0.1) is 0 Å². The Morgan fingerprint density at radius 3 is 2.21 bits per heavy atom. The van der Waals surface area contributed by atoms with Crippen LogP contribution in [0.2, 0.25) is 5.02 Å². The topological polar surface area (TPSA) is 48.2 Å². The smallest absolute Gasteiger partial charge is 0.279 e. The molecule has 0 saturated heterocycles. The van der Waals surface area contributed by atoms with Gasteiger partial charge in [0, 0.05) is 10.6 Å². The third-order valence-electron chi connectivity index (χ3n) is 3.10. The van der Waals surface area contributed by atoms with Gasteiger partial charge in [-0.25, -0.2) is 0 Å². The van der Waals surface area contributed by atoms with Crippen molar-refractivity contribution in [1.82, 2.24) is 10.1 Å². The summed E-state index contributed by atoms with van der Waals surface area (Å²) in [6.07, 6.45) is 0. The zero-order valence-electron chi connectivity index (χ0n) is 12.0. The minimum Gasteiger partial charge on any atom is -0.489 e. The van der Waals surface area contributed by atoms with Gasteiger partial charge in [-0.2, -0.15) is 4.98 Å². The fraction of sp³-hybridized carbons (Fsp3) is 0.125. The second kappa shape index (κ2) is 7.19. The molecule has 0 N–H and O–H groups in total. The van der Waals surface area contributed by atoms with E-state index in [9.17, 15) is 0 Å². The van der Waals surface area contributed by atoms with Gasteiger partial charge in [-0.15, -0.1) is 0 Å². The first-order chi connectivity index (χ1) is 11.4. The zero-order valence-corrected chi connectivity index (χ0v) is 15.1. The SMILES string of the molecule is Clc1ccc(COc2ccc(-c3noc(C(Cl)(Cl)Cl)n3)cc2)cc1. The molecule has 8 heteroatoms. The summed E-state index contributed by atoms with van der Waals surface area (Å²) in [4.78, 5) is 4.06. The van der Waals surface area contributed by atoms with Gasteiger partial charge >= 0.3 is 0 Å². The number of rotatable bonds is 4. The highest BCUT2D eigenvalue weighted by Gasteiger charge is 2.30. The average Bonchev–Trinajstić information content (AvgIpc) is 3.05. The van der Waals surface area contributed by atoms with Gasteiger partial charge < -0.3 is 9.26 Å². The molecule has 0 spiro atoms. The minimum atomic E-state index is -1.74. The predicted molar refractivity (Wildman–Crippen MR) is 94.8 cm³/mol. The van der Waals surface area contributed by atoms with Crippen LogP contribution in [0.5, 0.6) is 5.75 Å². The lowest BCUT2D eigenvalue weighted by molar-refractivity contribution is 0.306. The van der Waals surface area contributed by atoms with Crippen molar-refractivity contribution in [2.45, 2.75) is 10.4 Å². The summed E-state index contributed by atoms with van der Waals surface area (Å²) in [5.74, 6) is 0.963. The largest absolute Gasteiger partial charge is 0.489 e. The number of hydrogen-bond donors (Lipinski definition) is 0. The lowest BCUT2D eigenvalue weighted by Gasteiger charge is -2.06. The van der Waals surface area contributed by atoms with Crippen LogP contribution in [-0.2, 0) is 10.4 Å². The first-order valence-electron chi connectivity index (χ1n) is 6.80. The molecule has 3 rings (SSSR count). The van der Waals surface area contributed by atoms with E-state index in [0.29, 0.717) is 23.2 Å². The Balaban J connectivity index is 1.67. The Morgan fingerprint density at radius 2 is 1.62 bits per heavy atom. The highest BCUT2D eigenvalue weighted by molar-refractivity contribution is 6.66. The molecule has 0 amide bonds. The maximum Gasteiger partial charge on any atom is 0.279 e. The van der Waals surface area contributed by atoms with Gasteiger partial charge in [-0.1, -0.05) is 63.7 Å². The minimum absolute atomic E-state index is 0.0782. The van der Waals surface area contributed by atoms with Crippen molar-refractivity contribution in [1.29, 1.82) is 0 Å². The van der Waals surface area contributed by atoms with Crippen LogP contribution in [0.1, 0.15) is 11.5 Å². The van der Waals surface area contributed by atoms with Gasteiger partial charge in [-0.05, 0) is 42.0 Å². The summed E-state index contributed by atoms with van der Waals surface area (Å²) in [5.41, 5.74) is 1.74. The Kier molecular flexibility index (Phi) is 5.21. The summed E-state index contributed by atoms with van der Waals surface area (Å²) >= 11 is 22.9. The lowest BCUT2D eigenvalue weighted by atomic mass is 10.2. The molecule has 3 aromatic rings. The summed E-state index contributed by atoms with van der Waals surface area (Å²) in [6.45, 7) is 0.441. The molecule has 4 nitrogen and oxygen atoms in total. The van der Waals surface area contributed by atoms with Crippen LogP contribution < -0.4 is 4.74 Å². The number of hydrogen-bond acceptors (Lipinski definition) is 4. The van der Waals surface area contributed by atoms with E-state index in [0.717, 1.165) is 11.1 Å². The second-order valence-corrected chi connectivity index (χ2v) is 7.58. The van der Waals surface area contributed by atoms with Crippen molar-refractivity contribution in [3.63, 3.8) is 0 Å². The van der Waals surface area contributed by atoms with E-state index < -0.39 is 3.79 Å². The fourth-order valence-electron chi connectivity index (χ4n) is 1.90. The van der Waals surface area contributed by atoms with Crippen molar-refractivity contribution in [3.8, 4) is 17.1 Å². The van der Waals surface area contributed by atoms with Crippen molar-refractivity contribution in [2.75, 3.05) is 0 Å². The maximum atomic E-state index is 5.85. The Morgan fingerprint density at radius 1 is 0.958 bits per heavy atom. The molecule has 0 aliphatic heterocycles. The van der Waals surface area contributed by atoms with Crippen LogP contribution in [0.25, 0.3) is 11.4 Å². The Bertz CT molecular complexity index is 811. The molecular formula is C16H10Cl4N2O2. The van der Waals surface area contributed by atoms with Crippen molar-refractivity contribution in [3.05, 3.63) is 65.0 Å². The molecule has 2 aromatic carbocycles. The average molecular weight is 404 g/mol. The first kappa shape index (κ1) is 17.4. The van der Waals surface area contributed by atoms with Crippen LogP contribution in [-0.4, -0.2) is 10.1 Å². The van der Waals surface area contributed by atoms with Crippen molar-refractivity contribution < 1.29 is 9.26 Å². The molecule has 1 heterocycles. The van der Waals surface area contributed by atoms with E-state index in [-0.39, 0.29) is 5.89 Å². The van der Waals surface area contributed by atoms with Crippen LogP contribution in [0, 0.1) is 0 Å². The van der Waals surface area contributed by atoms with Gasteiger partial charge in [0.2, 0.25) is 5.82 Å². The number of alkyl halides is 3. The van der Waals surface area contributed by atoms with E-state index in [2.05, 4.69) is 10.1 Å². The number of ether oxygens (including phenoxy) is 1. The van der Waals surface area contributed by atoms with E-state index in [1.807, 2.05) is 24.3 Å². The third kappa shape index (κ3) is 4.33. The Hall–Kier alpha value is -1.46. The fourth-order valence-corrected chi connectivity index (χ4v) is 2.26.